The lowest BCUT2D eigenvalue weighted by Crippen LogP contribution is -2.17. The molecule has 0 aliphatic rings. The lowest BCUT2D eigenvalue weighted by atomic mass is 10.0. The van der Waals surface area contributed by atoms with Gasteiger partial charge in [-0.1, -0.05) is 0 Å². The van der Waals surface area contributed by atoms with Gasteiger partial charge in [-0.05, 0) is 18.2 Å². The summed E-state index contributed by atoms with van der Waals surface area (Å²) < 4.78 is 31.7. The lowest BCUT2D eigenvalue weighted by Gasteiger charge is -2.14. The fourth-order valence-corrected chi connectivity index (χ4v) is 1.61. The molecule has 0 bridgehead atoms. The summed E-state index contributed by atoms with van der Waals surface area (Å²) >= 11 is 0. The largest absolute Gasteiger partial charge is 0.480 e. The van der Waals surface area contributed by atoms with Crippen molar-refractivity contribution >= 4 is 0 Å². The molecule has 0 spiro atoms. The number of nitrogens with two attached hydrogens (primary N) is 1. The zero-order chi connectivity index (χ0) is 13.1. The van der Waals surface area contributed by atoms with E-state index in [4.69, 9.17) is 10.5 Å². The van der Waals surface area contributed by atoms with E-state index in [0.717, 1.165) is 18.2 Å². The van der Waals surface area contributed by atoms with Crippen LogP contribution in [-0.2, 0) is 0 Å². The zero-order valence-electron chi connectivity index (χ0n) is 9.60. The third-order valence-electron chi connectivity index (χ3n) is 2.47. The number of methoxy groups -OCH3 is 1. The van der Waals surface area contributed by atoms with Gasteiger partial charge in [0.1, 0.15) is 17.3 Å². The summed E-state index contributed by atoms with van der Waals surface area (Å²) in [5, 5.41) is 0. The highest BCUT2D eigenvalue weighted by Gasteiger charge is 2.20. The predicted octanol–water partition coefficient (Wildman–Crippen LogP) is 1.81. The number of aromatic nitrogens is 2. The maximum absolute atomic E-state index is 13.6. The highest BCUT2D eigenvalue weighted by Crippen LogP contribution is 2.26. The predicted molar refractivity (Wildman–Crippen MR) is 61.0 cm³/mol. The Labute approximate surface area is 102 Å². The monoisotopic (exact) mass is 251 g/mol. The van der Waals surface area contributed by atoms with Crippen molar-refractivity contribution in [3.63, 3.8) is 0 Å². The molecular weight excluding hydrogens is 240 g/mol. The van der Waals surface area contributed by atoms with E-state index in [1.54, 1.807) is 0 Å². The van der Waals surface area contributed by atoms with Gasteiger partial charge in [0, 0.05) is 18.0 Å². The minimum Gasteiger partial charge on any atom is -0.480 e. The second-order valence-electron chi connectivity index (χ2n) is 3.59. The third kappa shape index (κ3) is 2.28. The first-order valence-electron chi connectivity index (χ1n) is 5.19. The van der Waals surface area contributed by atoms with E-state index in [9.17, 15) is 8.78 Å². The minimum absolute atomic E-state index is 0.00815. The van der Waals surface area contributed by atoms with Gasteiger partial charge in [0.2, 0.25) is 5.88 Å². The SMILES string of the molecule is COc1nccnc1C(N)c1cc(F)ccc1F. The molecule has 0 fully saturated rings. The van der Waals surface area contributed by atoms with E-state index in [-0.39, 0.29) is 17.1 Å². The fourth-order valence-electron chi connectivity index (χ4n) is 1.61. The fraction of sp³-hybridized carbons (Fsp3) is 0.167. The molecule has 2 rings (SSSR count). The van der Waals surface area contributed by atoms with Gasteiger partial charge < -0.3 is 10.5 Å². The van der Waals surface area contributed by atoms with E-state index in [1.165, 1.54) is 19.5 Å². The number of ether oxygens (including phenoxy) is 1. The van der Waals surface area contributed by atoms with Crippen molar-refractivity contribution in [3.8, 4) is 5.88 Å². The molecule has 0 radical (unpaired) electrons. The molecular formula is C12H11F2N3O. The van der Waals surface area contributed by atoms with Gasteiger partial charge in [0.15, 0.2) is 0 Å². The molecule has 1 unspecified atom stereocenters. The quantitative estimate of drug-likeness (QED) is 0.903. The standard InChI is InChI=1S/C12H11F2N3O/c1-18-12-11(16-4-5-17-12)10(15)8-6-7(13)2-3-9(8)14/h2-6,10H,15H2,1H3. The molecule has 6 heteroatoms. The van der Waals surface area contributed by atoms with Crippen LogP contribution in [0.2, 0.25) is 0 Å². The summed E-state index contributed by atoms with van der Waals surface area (Å²) in [6, 6.07) is 2.14. The van der Waals surface area contributed by atoms with Crippen LogP contribution in [0, 0.1) is 11.6 Å². The van der Waals surface area contributed by atoms with E-state index in [0.29, 0.717) is 0 Å². The zero-order valence-corrected chi connectivity index (χ0v) is 9.60. The average Bonchev–Trinajstić information content (AvgIpc) is 2.40. The van der Waals surface area contributed by atoms with Gasteiger partial charge in [-0.15, -0.1) is 0 Å². The van der Waals surface area contributed by atoms with Crippen molar-refractivity contribution in [2.24, 2.45) is 5.73 Å². The summed E-state index contributed by atoms with van der Waals surface area (Å²) in [5.41, 5.74) is 6.14. The van der Waals surface area contributed by atoms with Gasteiger partial charge in [-0.25, -0.2) is 13.8 Å². The molecule has 0 saturated carbocycles. The molecule has 1 aromatic heterocycles. The maximum atomic E-state index is 13.6. The van der Waals surface area contributed by atoms with E-state index in [1.807, 2.05) is 0 Å². The van der Waals surface area contributed by atoms with Crippen LogP contribution >= 0.6 is 0 Å². The molecule has 4 nitrogen and oxygen atoms in total. The minimum atomic E-state index is -0.940. The smallest absolute Gasteiger partial charge is 0.237 e. The first-order chi connectivity index (χ1) is 8.63. The van der Waals surface area contributed by atoms with Gasteiger partial charge in [0.05, 0.1) is 13.2 Å². The summed E-state index contributed by atoms with van der Waals surface area (Å²) in [7, 11) is 1.40. The van der Waals surface area contributed by atoms with Gasteiger partial charge in [-0.2, -0.15) is 0 Å². The topological polar surface area (TPSA) is 61.0 Å². The first kappa shape index (κ1) is 12.4. The van der Waals surface area contributed by atoms with Crippen LogP contribution in [0.3, 0.4) is 0 Å². The molecule has 1 aromatic carbocycles. The number of hydrogen-bond acceptors (Lipinski definition) is 4. The summed E-state index contributed by atoms with van der Waals surface area (Å²) in [6.07, 6.45) is 2.84. The Balaban J connectivity index is 2.47. The number of halogens is 2. The molecule has 0 amide bonds. The molecule has 2 aromatic rings. The molecule has 2 N–H and O–H groups in total. The van der Waals surface area contributed by atoms with Crippen LogP contribution in [0.4, 0.5) is 8.78 Å². The summed E-state index contributed by atoms with van der Waals surface area (Å²) in [5.74, 6) is -0.977. The van der Waals surface area contributed by atoms with E-state index >= 15 is 0 Å². The number of rotatable bonds is 3. The van der Waals surface area contributed by atoms with Crippen LogP contribution in [0.15, 0.2) is 30.6 Å². The summed E-state index contributed by atoms with van der Waals surface area (Å²) in [4.78, 5) is 7.91. The lowest BCUT2D eigenvalue weighted by molar-refractivity contribution is 0.386. The molecule has 0 saturated heterocycles. The second kappa shape index (κ2) is 5.05. The second-order valence-corrected chi connectivity index (χ2v) is 3.59. The van der Waals surface area contributed by atoms with Crippen molar-refractivity contribution in [2.75, 3.05) is 7.11 Å². The van der Waals surface area contributed by atoms with Crippen LogP contribution in [0.1, 0.15) is 17.3 Å². The molecule has 1 atom stereocenters. The highest BCUT2D eigenvalue weighted by atomic mass is 19.1. The molecule has 0 aliphatic carbocycles. The van der Waals surface area contributed by atoms with Crippen molar-refractivity contribution in [2.45, 2.75) is 6.04 Å². The van der Waals surface area contributed by atoms with Gasteiger partial charge in [0.25, 0.3) is 0 Å². The van der Waals surface area contributed by atoms with Crippen molar-refractivity contribution in [1.82, 2.24) is 9.97 Å². The number of benzene rings is 1. The van der Waals surface area contributed by atoms with Crippen LogP contribution in [-0.4, -0.2) is 17.1 Å². The summed E-state index contributed by atoms with van der Waals surface area (Å²) in [6.45, 7) is 0. The number of hydrogen-bond donors (Lipinski definition) is 1. The van der Waals surface area contributed by atoms with Gasteiger partial charge in [-0.3, -0.25) is 4.98 Å². The van der Waals surface area contributed by atoms with Gasteiger partial charge >= 0.3 is 0 Å². The highest BCUT2D eigenvalue weighted by molar-refractivity contribution is 5.33. The Morgan fingerprint density at radius 3 is 2.67 bits per heavy atom. The molecule has 18 heavy (non-hydrogen) atoms. The van der Waals surface area contributed by atoms with Crippen molar-refractivity contribution in [3.05, 3.63) is 53.5 Å². The van der Waals surface area contributed by atoms with Crippen LogP contribution < -0.4 is 10.5 Å². The molecule has 0 aliphatic heterocycles. The van der Waals surface area contributed by atoms with Crippen molar-refractivity contribution < 1.29 is 13.5 Å². The van der Waals surface area contributed by atoms with Crippen LogP contribution in [0.5, 0.6) is 5.88 Å². The Morgan fingerprint density at radius 2 is 1.94 bits per heavy atom. The maximum Gasteiger partial charge on any atom is 0.237 e. The van der Waals surface area contributed by atoms with Crippen molar-refractivity contribution in [1.29, 1.82) is 0 Å². The number of nitrogens with zero attached hydrogens (tertiary/aromatic N) is 2. The third-order valence-corrected chi connectivity index (χ3v) is 2.47. The molecule has 1 heterocycles. The Bertz CT molecular complexity index is 563. The molecule has 94 valence electrons. The Kier molecular flexibility index (Phi) is 3.47. The van der Waals surface area contributed by atoms with Crippen LogP contribution in [0.25, 0.3) is 0 Å². The Hall–Kier alpha value is -2.08. The van der Waals surface area contributed by atoms with E-state index in [2.05, 4.69) is 9.97 Å². The average molecular weight is 251 g/mol. The Morgan fingerprint density at radius 1 is 1.22 bits per heavy atom. The van der Waals surface area contributed by atoms with E-state index < -0.39 is 17.7 Å². The first-order valence-corrected chi connectivity index (χ1v) is 5.19. The normalized spacial score (nSPS) is 12.2.